The molecule has 0 bridgehead atoms. The molecule has 0 saturated heterocycles. The molecule has 1 atom stereocenters. The third-order valence-electron chi connectivity index (χ3n) is 5.06. The van der Waals surface area contributed by atoms with Crippen molar-refractivity contribution in [2.75, 3.05) is 53.4 Å². The maximum atomic E-state index is 12.7. The number of rotatable bonds is 18. The first kappa shape index (κ1) is 48.5. The number of phosphoric ester groups is 1. The van der Waals surface area contributed by atoms with E-state index in [0.717, 1.165) is 0 Å². The minimum Gasteiger partial charge on any atom is -0.460 e. The highest BCUT2D eigenvalue weighted by Gasteiger charge is 2.26. The van der Waals surface area contributed by atoms with E-state index in [2.05, 4.69) is 0 Å². The summed E-state index contributed by atoms with van der Waals surface area (Å²) in [7, 11) is -2.52. The van der Waals surface area contributed by atoms with Crippen molar-refractivity contribution in [3.05, 3.63) is 70.8 Å². The lowest BCUT2D eigenvalue weighted by Gasteiger charge is -2.17. The molecule has 0 aliphatic carbocycles. The van der Waals surface area contributed by atoms with E-state index >= 15 is 0 Å². The summed E-state index contributed by atoms with van der Waals surface area (Å²) >= 11 is 0. The van der Waals surface area contributed by atoms with Gasteiger partial charge in [-0.15, -0.1) is 0 Å². The van der Waals surface area contributed by atoms with Crippen LogP contribution in [0.5, 0.6) is 0 Å². The summed E-state index contributed by atoms with van der Waals surface area (Å²) in [6.45, 7) is 2.65. The van der Waals surface area contributed by atoms with Gasteiger partial charge < -0.3 is 18.9 Å². The largest absolute Gasteiger partial charge is 0.475 e. The molecule has 0 radical (unpaired) electrons. The van der Waals surface area contributed by atoms with E-state index in [1.165, 1.54) is 43.5 Å². The smallest absolute Gasteiger partial charge is 0.460 e. The van der Waals surface area contributed by atoms with Crippen LogP contribution in [0.25, 0.3) is 0 Å². The summed E-state index contributed by atoms with van der Waals surface area (Å²) in [5, 5.41) is 0. The fraction of sp³-hybridized carbons (Fsp3) is 0.500. The lowest BCUT2D eigenvalue weighted by atomic mass is 10.1. The Morgan fingerprint density at radius 2 is 0.867 bits per heavy atom. The first-order valence-electron chi connectivity index (χ1n) is 12.5. The quantitative estimate of drug-likeness (QED) is 0.0513. The first-order chi connectivity index (χ1) is 19.2. The number of methoxy groups -OCH3 is 1. The van der Waals surface area contributed by atoms with E-state index in [4.69, 9.17) is 32.5 Å². The third kappa shape index (κ3) is 17.0. The van der Waals surface area contributed by atoms with Crippen molar-refractivity contribution < 1.29 is 56.3 Å². The molecule has 2 aromatic rings. The zero-order valence-corrected chi connectivity index (χ0v) is 23.5. The van der Waals surface area contributed by atoms with Crippen LogP contribution in [0, 0.1) is 0 Å². The molecule has 1 unspecified atom stereocenters. The molecule has 0 heterocycles. The fourth-order valence-corrected chi connectivity index (χ4v) is 4.18. The van der Waals surface area contributed by atoms with Gasteiger partial charge in [0.2, 0.25) is 0 Å². The number of Topliss-reactive ketones (excluding diaryl/α,β-unsaturated/α-hetero) is 1. The first-order valence-corrected chi connectivity index (χ1v) is 14.0. The second-order valence-electron chi connectivity index (χ2n) is 7.86. The number of ether oxygens (including phenoxy) is 4. The number of benzene rings is 2. The van der Waals surface area contributed by atoms with E-state index in [9.17, 15) is 23.7 Å². The average Bonchev–Trinajstić information content (AvgIpc) is 2.97. The summed E-state index contributed by atoms with van der Waals surface area (Å²) in [5.41, 5.74) is 1.19. The number of hydrogen-bond acceptors (Lipinski definition) is 12. The third-order valence-corrected chi connectivity index (χ3v) is 6.63. The molecule has 2 aromatic carbocycles. The Morgan fingerprint density at radius 1 is 0.533 bits per heavy atom. The Hall–Kier alpha value is -3.41. The van der Waals surface area contributed by atoms with Crippen LogP contribution in [0.2, 0.25) is 0 Å². The van der Waals surface area contributed by atoms with Gasteiger partial charge in [0.1, 0.15) is 19.8 Å². The van der Waals surface area contributed by atoms with Gasteiger partial charge in [-0.05, 0) is 43.3 Å². The van der Waals surface area contributed by atoms with Gasteiger partial charge in [0.05, 0.1) is 43.1 Å². The molecule has 13 heteroatoms. The van der Waals surface area contributed by atoms with E-state index in [0.29, 0.717) is 12.0 Å². The minimum absolute atomic E-state index is 0. The number of esters is 3. The van der Waals surface area contributed by atoms with Crippen LogP contribution in [0.3, 0.4) is 0 Å². The zero-order valence-electron chi connectivity index (χ0n) is 22.6. The molecule has 0 N–H and O–H groups in total. The van der Waals surface area contributed by atoms with E-state index in [1.54, 1.807) is 26.0 Å². The topological polar surface area (TPSA) is 150 Å². The zero-order chi connectivity index (χ0) is 29.4. The summed E-state index contributed by atoms with van der Waals surface area (Å²) in [5.74, 6) is -1.92. The fourth-order valence-electron chi connectivity index (χ4n) is 3.04. The highest BCUT2D eigenvalue weighted by atomic mass is 31.2. The van der Waals surface area contributed by atoms with Gasteiger partial charge in [-0.25, -0.2) is 18.9 Å². The molecular weight excluding hydrogens is 607 g/mol. The maximum Gasteiger partial charge on any atom is 0.475 e. The van der Waals surface area contributed by atoms with Crippen LogP contribution < -0.4 is 0 Å². The highest BCUT2D eigenvalue weighted by Crippen LogP contribution is 2.49. The van der Waals surface area contributed by atoms with Gasteiger partial charge in [0, 0.05) is 19.1 Å². The Kier molecular flexibility index (Phi) is 27.9. The van der Waals surface area contributed by atoms with Gasteiger partial charge in [0.25, 0.3) is 0 Å². The predicted molar refractivity (Wildman–Crippen MR) is 175 cm³/mol. The predicted octanol–water partition coefficient (Wildman–Crippen LogP) is 7.45. The molecule has 0 fully saturated rings. The van der Waals surface area contributed by atoms with Crippen LogP contribution in [-0.2, 0) is 37.1 Å². The van der Waals surface area contributed by atoms with Crippen molar-refractivity contribution in [2.24, 2.45) is 0 Å². The van der Waals surface area contributed by atoms with Crippen LogP contribution in [-0.4, -0.2) is 77.0 Å². The normalized spacial score (nSPS) is 10.9. The molecule has 2 rings (SSSR count). The molecule has 258 valence electrons. The van der Waals surface area contributed by atoms with E-state index in [-0.39, 0.29) is 106 Å². The molecule has 0 aromatic heterocycles. The van der Waals surface area contributed by atoms with Crippen molar-refractivity contribution in [3.8, 4) is 0 Å². The second kappa shape index (κ2) is 25.9. The number of carbonyl (C=O) groups is 4. The standard InChI is InChI=1S/C27H33O12P.5CH4/c1-4-24(28)20-6-8-21(9-7-20)26(30)35-16-18-38-40(32,37-5-2)39-19-17-36-27(31)23-12-10-22(11-13-23)25(29)34-15-14-33-3;;;;;/h6-13H,4-5,14-19H2,1-3H3;5*1H4. The van der Waals surface area contributed by atoms with Gasteiger partial charge in [-0.1, -0.05) is 56.2 Å². The lowest BCUT2D eigenvalue weighted by molar-refractivity contribution is 0.0322. The summed E-state index contributed by atoms with van der Waals surface area (Å²) in [4.78, 5) is 48.0. The van der Waals surface area contributed by atoms with E-state index < -0.39 is 25.7 Å². The second-order valence-corrected chi connectivity index (χ2v) is 9.53. The molecular formula is C32H53O12P. The van der Waals surface area contributed by atoms with Crippen molar-refractivity contribution in [1.29, 1.82) is 0 Å². The molecule has 0 amide bonds. The summed E-state index contributed by atoms with van der Waals surface area (Å²) < 4.78 is 48.2. The maximum absolute atomic E-state index is 12.7. The molecule has 0 aliphatic rings. The van der Waals surface area contributed by atoms with Gasteiger partial charge in [-0.2, -0.15) is 0 Å². The van der Waals surface area contributed by atoms with Crippen LogP contribution in [0.15, 0.2) is 48.5 Å². The number of ketones is 1. The molecule has 0 saturated carbocycles. The Morgan fingerprint density at radius 3 is 1.18 bits per heavy atom. The Bertz CT molecular complexity index is 1160. The summed E-state index contributed by atoms with van der Waals surface area (Å²) in [6.07, 6.45) is 0.356. The van der Waals surface area contributed by atoms with Crippen LogP contribution >= 0.6 is 7.82 Å². The Labute approximate surface area is 269 Å². The summed E-state index contributed by atoms with van der Waals surface area (Å²) in [6, 6.07) is 11.7. The number of hydrogen-bond donors (Lipinski definition) is 0. The molecule has 12 nitrogen and oxygen atoms in total. The van der Waals surface area contributed by atoms with Gasteiger partial charge >= 0.3 is 25.7 Å². The highest BCUT2D eigenvalue weighted by molar-refractivity contribution is 7.48. The molecule has 45 heavy (non-hydrogen) atoms. The van der Waals surface area contributed by atoms with Crippen molar-refractivity contribution >= 4 is 31.5 Å². The SMILES string of the molecule is C.C.C.C.C.CCOP(=O)(OCCOC(=O)c1ccc(C(=O)CC)cc1)OCCOC(=O)c1ccc(C(=O)OCCOC)cc1. The van der Waals surface area contributed by atoms with Gasteiger partial charge in [0.15, 0.2) is 5.78 Å². The number of phosphoric acid groups is 1. The average molecular weight is 661 g/mol. The van der Waals surface area contributed by atoms with Crippen LogP contribution in [0.1, 0.15) is 98.8 Å². The van der Waals surface area contributed by atoms with Crippen molar-refractivity contribution in [3.63, 3.8) is 0 Å². The number of carbonyl (C=O) groups excluding carboxylic acids is 4. The monoisotopic (exact) mass is 660 g/mol. The lowest BCUT2D eigenvalue weighted by Crippen LogP contribution is -2.14. The minimum atomic E-state index is -4.01. The van der Waals surface area contributed by atoms with Crippen molar-refractivity contribution in [2.45, 2.75) is 57.4 Å². The Balaban J connectivity index is -0.00000168. The van der Waals surface area contributed by atoms with Crippen molar-refractivity contribution in [1.82, 2.24) is 0 Å². The van der Waals surface area contributed by atoms with E-state index in [1.807, 2.05) is 0 Å². The molecule has 0 spiro atoms. The van der Waals surface area contributed by atoms with Crippen LogP contribution in [0.4, 0.5) is 0 Å². The van der Waals surface area contributed by atoms with Gasteiger partial charge in [-0.3, -0.25) is 18.4 Å². The molecule has 0 aliphatic heterocycles.